The average molecular weight is 424 g/mol. The number of hydrogen-bond acceptors (Lipinski definition) is 5. The Bertz CT molecular complexity index is 945. The summed E-state index contributed by atoms with van der Waals surface area (Å²) in [4.78, 5) is 18.3. The van der Waals surface area contributed by atoms with Crippen molar-refractivity contribution in [2.24, 2.45) is 0 Å². The lowest BCUT2D eigenvalue weighted by Crippen LogP contribution is -2.53. The Hall–Kier alpha value is -2.16. The minimum Gasteiger partial charge on any atom is -0.479 e. The van der Waals surface area contributed by atoms with Crippen LogP contribution in [0.5, 0.6) is 5.75 Å². The highest BCUT2D eigenvalue weighted by Crippen LogP contribution is 2.26. The van der Waals surface area contributed by atoms with E-state index in [1.165, 1.54) is 22.8 Å². The molecule has 2 heterocycles. The molecule has 1 unspecified atom stereocenters. The second kappa shape index (κ2) is 8.46. The largest absolute Gasteiger partial charge is 0.479 e. The summed E-state index contributed by atoms with van der Waals surface area (Å²) < 4.78 is 32.4. The van der Waals surface area contributed by atoms with E-state index in [2.05, 4.69) is 4.98 Å². The predicted octanol–water partition coefficient (Wildman–Crippen LogP) is 2.34. The quantitative estimate of drug-likeness (QED) is 0.737. The molecule has 1 aliphatic heterocycles. The van der Waals surface area contributed by atoms with Crippen LogP contribution in [-0.2, 0) is 14.8 Å². The third kappa shape index (κ3) is 4.45. The van der Waals surface area contributed by atoms with Crippen LogP contribution >= 0.6 is 11.6 Å². The minimum atomic E-state index is -3.61. The molecule has 0 aliphatic carbocycles. The molecule has 9 heteroatoms. The predicted molar refractivity (Wildman–Crippen MR) is 106 cm³/mol. The van der Waals surface area contributed by atoms with E-state index < -0.39 is 16.1 Å². The van der Waals surface area contributed by atoms with Crippen LogP contribution in [0.25, 0.3) is 0 Å². The fourth-order valence-corrected chi connectivity index (χ4v) is 4.55. The number of sulfonamides is 1. The zero-order valence-corrected chi connectivity index (χ0v) is 17.3. The molecule has 1 aliphatic rings. The third-order valence-corrected chi connectivity index (χ3v) is 6.76. The van der Waals surface area contributed by atoms with Gasteiger partial charge in [0, 0.05) is 38.6 Å². The number of aromatic nitrogens is 1. The molecule has 1 atom stereocenters. The van der Waals surface area contributed by atoms with Crippen LogP contribution < -0.4 is 4.74 Å². The molecule has 0 spiro atoms. The van der Waals surface area contributed by atoms with E-state index in [1.807, 2.05) is 13.0 Å². The first-order chi connectivity index (χ1) is 13.3. The molecule has 0 N–H and O–H groups in total. The molecule has 7 nitrogen and oxygen atoms in total. The first-order valence-electron chi connectivity index (χ1n) is 8.91. The van der Waals surface area contributed by atoms with E-state index in [1.54, 1.807) is 30.0 Å². The third-order valence-electron chi connectivity index (χ3n) is 4.56. The van der Waals surface area contributed by atoms with Gasteiger partial charge in [0.05, 0.1) is 5.02 Å². The molecular formula is C19H22ClN3O4S. The topological polar surface area (TPSA) is 79.8 Å². The van der Waals surface area contributed by atoms with Crippen molar-refractivity contribution < 1.29 is 17.9 Å². The van der Waals surface area contributed by atoms with Crippen LogP contribution in [0.4, 0.5) is 0 Å². The highest BCUT2D eigenvalue weighted by Gasteiger charge is 2.32. The fourth-order valence-electron chi connectivity index (χ4n) is 3.00. The normalized spacial score (nSPS) is 16.6. The van der Waals surface area contributed by atoms with E-state index in [-0.39, 0.29) is 23.9 Å². The van der Waals surface area contributed by atoms with E-state index in [9.17, 15) is 13.2 Å². The van der Waals surface area contributed by atoms with Gasteiger partial charge in [0.2, 0.25) is 10.0 Å². The summed E-state index contributed by atoms with van der Waals surface area (Å²) >= 11 is 6.13. The average Bonchev–Trinajstić information content (AvgIpc) is 2.71. The Morgan fingerprint density at radius 1 is 1.21 bits per heavy atom. The molecule has 1 saturated heterocycles. The van der Waals surface area contributed by atoms with Crippen molar-refractivity contribution in [1.82, 2.24) is 14.2 Å². The molecular weight excluding hydrogens is 402 g/mol. The maximum atomic E-state index is 12.7. The van der Waals surface area contributed by atoms with Crippen molar-refractivity contribution in [3.05, 3.63) is 53.3 Å². The van der Waals surface area contributed by atoms with Gasteiger partial charge in [0.1, 0.15) is 10.6 Å². The minimum absolute atomic E-state index is 0.153. The Morgan fingerprint density at radius 2 is 1.93 bits per heavy atom. The molecule has 3 rings (SSSR count). The lowest BCUT2D eigenvalue weighted by Gasteiger charge is -2.35. The first-order valence-corrected chi connectivity index (χ1v) is 10.7. The van der Waals surface area contributed by atoms with Crippen molar-refractivity contribution in [2.75, 3.05) is 26.2 Å². The van der Waals surface area contributed by atoms with Gasteiger partial charge < -0.3 is 9.64 Å². The van der Waals surface area contributed by atoms with Gasteiger partial charge in [-0.2, -0.15) is 4.31 Å². The summed E-state index contributed by atoms with van der Waals surface area (Å²) in [5.74, 6) is 0.260. The maximum Gasteiger partial charge on any atom is 0.263 e. The van der Waals surface area contributed by atoms with Crippen LogP contribution in [0.1, 0.15) is 12.5 Å². The summed E-state index contributed by atoms with van der Waals surface area (Å²) in [6.45, 7) is 4.63. The zero-order valence-electron chi connectivity index (χ0n) is 15.7. The summed E-state index contributed by atoms with van der Waals surface area (Å²) in [5.41, 5.74) is 0.980. The highest BCUT2D eigenvalue weighted by molar-refractivity contribution is 7.89. The monoisotopic (exact) mass is 423 g/mol. The summed E-state index contributed by atoms with van der Waals surface area (Å²) in [5, 5.41) is 0.442. The number of carbonyl (C=O) groups is 1. The number of ether oxygens (including phenoxy) is 1. The smallest absolute Gasteiger partial charge is 0.263 e. The van der Waals surface area contributed by atoms with Gasteiger partial charge in [-0.25, -0.2) is 8.42 Å². The van der Waals surface area contributed by atoms with E-state index in [0.717, 1.165) is 5.56 Å². The van der Waals surface area contributed by atoms with Crippen molar-refractivity contribution in [1.29, 1.82) is 0 Å². The van der Waals surface area contributed by atoms with E-state index in [4.69, 9.17) is 16.3 Å². The van der Waals surface area contributed by atoms with Crippen molar-refractivity contribution >= 4 is 27.5 Å². The number of halogens is 1. The lowest BCUT2D eigenvalue weighted by atomic mass is 10.2. The first kappa shape index (κ1) is 20.6. The van der Waals surface area contributed by atoms with Crippen molar-refractivity contribution in [2.45, 2.75) is 24.8 Å². The van der Waals surface area contributed by atoms with Gasteiger partial charge in [0.25, 0.3) is 5.91 Å². The summed E-state index contributed by atoms with van der Waals surface area (Å²) in [6, 6.07) is 8.48. The van der Waals surface area contributed by atoms with Crippen molar-refractivity contribution in [3.8, 4) is 5.75 Å². The molecule has 150 valence electrons. The van der Waals surface area contributed by atoms with Crippen LogP contribution in [0.3, 0.4) is 0 Å². The van der Waals surface area contributed by atoms with Crippen LogP contribution in [0, 0.1) is 6.92 Å². The second-order valence-electron chi connectivity index (χ2n) is 6.61. The van der Waals surface area contributed by atoms with Crippen LogP contribution in [0.15, 0.2) is 47.6 Å². The van der Waals surface area contributed by atoms with Crippen molar-refractivity contribution in [3.63, 3.8) is 0 Å². The molecule has 1 fully saturated rings. The number of benzene rings is 1. The molecule has 0 saturated carbocycles. The Morgan fingerprint density at radius 3 is 2.57 bits per heavy atom. The van der Waals surface area contributed by atoms with E-state index in [0.29, 0.717) is 23.9 Å². The molecule has 1 aromatic heterocycles. The number of amides is 1. The van der Waals surface area contributed by atoms with Gasteiger partial charge in [-0.3, -0.25) is 9.78 Å². The second-order valence-corrected chi connectivity index (χ2v) is 8.96. The zero-order chi connectivity index (χ0) is 20.3. The molecule has 0 radical (unpaired) electrons. The SMILES string of the molecule is Cc1ccc(Cl)c(OC(C)C(=O)N2CCN(S(=O)(=O)c3cccnc3)CC2)c1. The number of pyridine rings is 1. The van der Waals surface area contributed by atoms with Gasteiger partial charge in [0.15, 0.2) is 6.10 Å². The number of carbonyl (C=O) groups excluding carboxylic acids is 1. The molecule has 1 amide bonds. The summed E-state index contributed by atoms with van der Waals surface area (Å²) in [6.07, 6.45) is 2.13. The maximum absolute atomic E-state index is 12.7. The number of piperazine rings is 1. The van der Waals surface area contributed by atoms with Gasteiger partial charge in [-0.05, 0) is 43.7 Å². The molecule has 0 bridgehead atoms. The van der Waals surface area contributed by atoms with Gasteiger partial charge >= 0.3 is 0 Å². The standard InChI is InChI=1S/C19H22ClN3O4S/c1-14-5-6-17(20)18(12-14)27-15(2)19(24)22-8-10-23(11-9-22)28(25,26)16-4-3-7-21-13-16/h3-7,12-13,15H,8-11H2,1-2H3. The van der Waals surface area contributed by atoms with Gasteiger partial charge in [-0.1, -0.05) is 17.7 Å². The lowest BCUT2D eigenvalue weighted by molar-refractivity contribution is -0.139. The summed E-state index contributed by atoms with van der Waals surface area (Å²) in [7, 11) is -3.61. The fraction of sp³-hybridized carbons (Fsp3) is 0.368. The van der Waals surface area contributed by atoms with E-state index >= 15 is 0 Å². The Labute approximate surface area is 169 Å². The Kier molecular flexibility index (Phi) is 6.22. The number of nitrogens with zero attached hydrogens (tertiary/aromatic N) is 3. The number of rotatable bonds is 5. The van der Waals surface area contributed by atoms with Crippen LogP contribution in [0.2, 0.25) is 5.02 Å². The van der Waals surface area contributed by atoms with Crippen LogP contribution in [-0.4, -0.2) is 60.8 Å². The molecule has 28 heavy (non-hydrogen) atoms. The Balaban J connectivity index is 1.61. The molecule has 1 aromatic carbocycles. The number of aryl methyl sites for hydroxylation is 1. The number of hydrogen-bond donors (Lipinski definition) is 0. The molecule has 2 aromatic rings. The highest BCUT2D eigenvalue weighted by atomic mass is 35.5. The van der Waals surface area contributed by atoms with Gasteiger partial charge in [-0.15, -0.1) is 0 Å².